The minimum Gasteiger partial charge on any atom is -0.345 e. The van der Waals surface area contributed by atoms with E-state index in [4.69, 9.17) is 0 Å². The molecule has 0 aliphatic carbocycles. The number of hydrogen-bond donors (Lipinski definition) is 2. The van der Waals surface area contributed by atoms with Gasteiger partial charge in [0, 0.05) is 24.9 Å². The summed E-state index contributed by atoms with van der Waals surface area (Å²) in [5.74, 6) is -3.73. The third kappa shape index (κ3) is 6.17. The van der Waals surface area contributed by atoms with Crippen LogP contribution in [0.4, 0.5) is 14.5 Å². The van der Waals surface area contributed by atoms with Gasteiger partial charge < -0.3 is 10.6 Å². The Morgan fingerprint density at radius 1 is 1.23 bits per heavy atom. The molecular weight excluding hydrogens is 318 g/mol. The van der Waals surface area contributed by atoms with Crippen LogP contribution in [-0.4, -0.2) is 38.3 Å². The van der Waals surface area contributed by atoms with E-state index in [0.29, 0.717) is 0 Å². The van der Waals surface area contributed by atoms with E-state index in [-0.39, 0.29) is 17.9 Å². The number of rotatable bonds is 6. The number of amides is 2. The Bertz CT molecular complexity index is 677. The van der Waals surface area contributed by atoms with Crippen molar-refractivity contribution in [2.24, 2.45) is 0 Å². The zero-order valence-electron chi connectivity index (χ0n) is 12.0. The molecule has 0 aliphatic rings. The van der Waals surface area contributed by atoms with Crippen LogP contribution in [0.25, 0.3) is 0 Å². The fraction of sp³-hybridized carbons (Fsp3) is 0.385. The van der Waals surface area contributed by atoms with Gasteiger partial charge in [0.15, 0.2) is 11.6 Å². The lowest BCUT2D eigenvalue weighted by Crippen LogP contribution is -2.43. The maximum Gasteiger partial charge on any atom is 0.246 e. The predicted molar refractivity (Wildman–Crippen MR) is 76.9 cm³/mol. The molecule has 1 aromatic rings. The molecule has 0 aromatic heterocycles. The summed E-state index contributed by atoms with van der Waals surface area (Å²) >= 11 is 0. The molecule has 9 heteroatoms. The maximum absolute atomic E-state index is 13.1. The Hall–Kier alpha value is -2.03. The minimum atomic E-state index is -3.31. The molecule has 1 unspecified atom stereocenters. The van der Waals surface area contributed by atoms with Crippen molar-refractivity contribution in [1.82, 2.24) is 5.32 Å². The summed E-state index contributed by atoms with van der Waals surface area (Å²) in [6.07, 6.45) is 0.874. The van der Waals surface area contributed by atoms with Gasteiger partial charge in [-0.2, -0.15) is 0 Å². The molecule has 2 N–H and O–H groups in total. The summed E-state index contributed by atoms with van der Waals surface area (Å²) in [4.78, 5) is 23.1. The number of carbonyl (C=O) groups excluding carboxylic acids is 2. The van der Waals surface area contributed by atoms with Crippen LogP contribution in [0.3, 0.4) is 0 Å². The summed E-state index contributed by atoms with van der Waals surface area (Å²) in [6.45, 7) is 1.18. The fourth-order valence-corrected chi connectivity index (χ4v) is 2.31. The van der Waals surface area contributed by atoms with Gasteiger partial charge in [-0.3, -0.25) is 9.59 Å². The van der Waals surface area contributed by atoms with E-state index in [0.717, 1.165) is 24.5 Å². The first-order valence-electron chi connectivity index (χ1n) is 6.29. The molecule has 0 aliphatic heterocycles. The summed E-state index contributed by atoms with van der Waals surface area (Å²) in [5, 5.41) is 4.61. The third-order valence-electron chi connectivity index (χ3n) is 2.66. The lowest BCUT2D eigenvalue weighted by atomic mass is 10.2. The van der Waals surface area contributed by atoms with Crippen LogP contribution >= 0.6 is 0 Å². The minimum absolute atomic E-state index is 0.00129. The number of nitrogens with one attached hydrogen (secondary N) is 2. The van der Waals surface area contributed by atoms with Crippen LogP contribution in [0.5, 0.6) is 0 Å². The van der Waals surface area contributed by atoms with E-state index in [2.05, 4.69) is 10.6 Å². The SMILES string of the molecule is CC(=O)NC(CCS(C)(=O)=O)C(=O)Nc1ccc(F)c(F)c1. The zero-order chi connectivity index (χ0) is 16.9. The van der Waals surface area contributed by atoms with E-state index >= 15 is 0 Å². The molecule has 1 atom stereocenters. The average Bonchev–Trinajstić information content (AvgIpc) is 2.37. The topological polar surface area (TPSA) is 92.3 Å². The van der Waals surface area contributed by atoms with Crippen LogP contribution in [0.2, 0.25) is 0 Å². The Morgan fingerprint density at radius 3 is 2.36 bits per heavy atom. The van der Waals surface area contributed by atoms with Crippen molar-refractivity contribution in [2.75, 3.05) is 17.3 Å². The third-order valence-corrected chi connectivity index (χ3v) is 3.64. The van der Waals surface area contributed by atoms with Gasteiger partial charge >= 0.3 is 0 Å². The quantitative estimate of drug-likeness (QED) is 0.806. The number of anilines is 1. The first-order valence-corrected chi connectivity index (χ1v) is 8.35. The molecule has 122 valence electrons. The van der Waals surface area contributed by atoms with Crippen molar-refractivity contribution in [3.63, 3.8) is 0 Å². The Morgan fingerprint density at radius 2 is 1.86 bits per heavy atom. The molecule has 2 amide bonds. The Kier molecular flexibility index (Phi) is 5.98. The van der Waals surface area contributed by atoms with Gasteiger partial charge in [-0.15, -0.1) is 0 Å². The number of hydrogen-bond acceptors (Lipinski definition) is 4. The molecular formula is C13H16F2N2O4S. The summed E-state index contributed by atoms with van der Waals surface area (Å²) in [5.41, 5.74) is -0.00129. The summed E-state index contributed by atoms with van der Waals surface area (Å²) in [6, 6.07) is 1.68. The standard InChI is InChI=1S/C13H16F2N2O4S/c1-8(18)16-12(5-6-22(2,20)21)13(19)17-9-3-4-10(14)11(15)7-9/h3-4,7,12H,5-6H2,1-2H3,(H,16,18)(H,17,19). The fourth-order valence-electron chi connectivity index (χ4n) is 1.65. The van der Waals surface area contributed by atoms with Crippen molar-refractivity contribution in [3.05, 3.63) is 29.8 Å². The molecule has 0 fully saturated rings. The molecule has 0 radical (unpaired) electrons. The normalized spacial score (nSPS) is 12.5. The predicted octanol–water partition coefficient (Wildman–Crippen LogP) is 0.843. The number of carbonyl (C=O) groups is 2. The van der Waals surface area contributed by atoms with Gasteiger partial charge in [0.05, 0.1) is 5.75 Å². The highest BCUT2D eigenvalue weighted by molar-refractivity contribution is 7.90. The van der Waals surface area contributed by atoms with E-state index in [1.165, 1.54) is 6.92 Å². The average molecular weight is 334 g/mol. The van der Waals surface area contributed by atoms with Gasteiger partial charge in [-0.05, 0) is 18.6 Å². The summed E-state index contributed by atoms with van der Waals surface area (Å²) in [7, 11) is -3.31. The number of halogens is 2. The lowest BCUT2D eigenvalue weighted by Gasteiger charge is -2.17. The molecule has 6 nitrogen and oxygen atoms in total. The van der Waals surface area contributed by atoms with Crippen LogP contribution in [0, 0.1) is 11.6 Å². The lowest BCUT2D eigenvalue weighted by molar-refractivity contribution is -0.125. The van der Waals surface area contributed by atoms with Crippen molar-refractivity contribution < 1.29 is 26.8 Å². The first-order chi connectivity index (χ1) is 10.1. The van der Waals surface area contributed by atoms with Gasteiger partial charge in [0.25, 0.3) is 0 Å². The van der Waals surface area contributed by atoms with E-state index in [9.17, 15) is 26.8 Å². The van der Waals surface area contributed by atoms with Crippen molar-refractivity contribution >= 4 is 27.3 Å². The Labute approximate surface area is 126 Å². The van der Waals surface area contributed by atoms with Crippen molar-refractivity contribution in [2.45, 2.75) is 19.4 Å². The van der Waals surface area contributed by atoms with Gasteiger partial charge in [-0.25, -0.2) is 17.2 Å². The molecule has 0 heterocycles. The van der Waals surface area contributed by atoms with E-state index in [1.54, 1.807) is 0 Å². The Balaban J connectivity index is 2.81. The van der Waals surface area contributed by atoms with Crippen molar-refractivity contribution in [3.8, 4) is 0 Å². The zero-order valence-corrected chi connectivity index (χ0v) is 12.8. The largest absolute Gasteiger partial charge is 0.345 e. The highest BCUT2D eigenvalue weighted by atomic mass is 32.2. The summed E-state index contributed by atoms with van der Waals surface area (Å²) < 4.78 is 48.2. The molecule has 0 saturated heterocycles. The molecule has 0 spiro atoms. The van der Waals surface area contributed by atoms with Gasteiger partial charge in [0.2, 0.25) is 11.8 Å². The van der Waals surface area contributed by atoms with E-state index < -0.39 is 39.3 Å². The molecule has 0 saturated carbocycles. The monoisotopic (exact) mass is 334 g/mol. The van der Waals surface area contributed by atoms with Crippen molar-refractivity contribution in [1.29, 1.82) is 0 Å². The van der Waals surface area contributed by atoms with E-state index in [1.807, 2.05) is 0 Å². The number of benzene rings is 1. The second-order valence-electron chi connectivity index (χ2n) is 4.79. The molecule has 22 heavy (non-hydrogen) atoms. The molecule has 1 rings (SSSR count). The smallest absolute Gasteiger partial charge is 0.246 e. The first kappa shape index (κ1) is 18.0. The van der Waals surface area contributed by atoms with Crippen LogP contribution in [0.15, 0.2) is 18.2 Å². The highest BCUT2D eigenvalue weighted by Crippen LogP contribution is 2.13. The second-order valence-corrected chi connectivity index (χ2v) is 7.05. The van der Waals surface area contributed by atoms with Crippen LogP contribution in [0.1, 0.15) is 13.3 Å². The van der Waals surface area contributed by atoms with Gasteiger partial charge in [0.1, 0.15) is 15.9 Å². The van der Waals surface area contributed by atoms with Gasteiger partial charge in [-0.1, -0.05) is 0 Å². The number of sulfone groups is 1. The van der Waals surface area contributed by atoms with Crippen LogP contribution < -0.4 is 10.6 Å². The second kappa shape index (κ2) is 7.30. The maximum atomic E-state index is 13.1. The molecule has 0 bridgehead atoms. The molecule has 1 aromatic carbocycles. The van der Waals surface area contributed by atoms with Crippen LogP contribution in [-0.2, 0) is 19.4 Å². The highest BCUT2D eigenvalue weighted by Gasteiger charge is 2.21.